The maximum absolute atomic E-state index is 11.3. The van der Waals surface area contributed by atoms with Gasteiger partial charge in [-0.3, -0.25) is 4.55 Å². The fraction of sp³-hybridized carbons (Fsp3) is 0.500. The summed E-state index contributed by atoms with van der Waals surface area (Å²) in [5.74, 6) is 0. The summed E-state index contributed by atoms with van der Waals surface area (Å²) in [5, 5.41) is 0.587. The third kappa shape index (κ3) is 3.24. The van der Waals surface area contributed by atoms with Gasteiger partial charge in [-0.15, -0.1) is 0 Å². The molecule has 18 heavy (non-hydrogen) atoms. The second-order valence-electron chi connectivity index (χ2n) is 4.55. The van der Waals surface area contributed by atoms with Gasteiger partial charge in [0.1, 0.15) is 4.90 Å². The molecule has 1 aromatic carbocycles. The van der Waals surface area contributed by atoms with Crippen molar-refractivity contribution < 1.29 is 13.0 Å². The molecule has 0 radical (unpaired) electrons. The molecule has 0 saturated heterocycles. The molecule has 1 aliphatic rings. The quantitative estimate of drug-likeness (QED) is 0.686. The Balaban J connectivity index is 2.32. The highest BCUT2D eigenvalue weighted by Gasteiger charge is 2.27. The lowest BCUT2D eigenvalue weighted by atomic mass is 10.0. The third-order valence-electron chi connectivity index (χ3n) is 3.27. The molecular weight excluding hydrogens is 291 g/mol. The largest absolute Gasteiger partial charge is 0.295 e. The monoisotopic (exact) mass is 306 g/mol. The first-order valence-corrected chi connectivity index (χ1v) is 9.77. The van der Waals surface area contributed by atoms with Crippen molar-refractivity contribution in [1.29, 1.82) is 0 Å². The number of benzene rings is 1. The third-order valence-corrected chi connectivity index (χ3v) is 7.71. The van der Waals surface area contributed by atoms with Crippen molar-refractivity contribution in [2.45, 2.75) is 42.7 Å². The van der Waals surface area contributed by atoms with E-state index in [1.807, 2.05) is 0 Å². The summed E-state index contributed by atoms with van der Waals surface area (Å²) in [7, 11) is -5.23. The molecule has 1 unspecified atom stereocenters. The van der Waals surface area contributed by atoms with Crippen LogP contribution in [0.3, 0.4) is 0 Å². The van der Waals surface area contributed by atoms with Crippen LogP contribution < -0.4 is 5.30 Å². The van der Waals surface area contributed by atoms with E-state index in [0.29, 0.717) is 11.0 Å². The molecule has 0 heterocycles. The predicted molar refractivity (Wildman–Crippen MR) is 75.5 cm³/mol. The van der Waals surface area contributed by atoms with Crippen molar-refractivity contribution in [2.24, 2.45) is 0 Å². The number of hydrogen-bond acceptors (Lipinski definition) is 2. The highest BCUT2D eigenvalue weighted by molar-refractivity contribution is 7.92. The average Bonchev–Trinajstić information content (AvgIpc) is 2.38. The molecule has 0 bridgehead atoms. The van der Waals surface area contributed by atoms with Crippen LogP contribution in [0.1, 0.15) is 32.1 Å². The molecule has 6 heteroatoms. The Morgan fingerprint density at radius 2 is 1.78 bits per heavy atom. The Labute approximate surface area is 114 Å². The topological polar surface area (TPSA) is 54.4 Å². The van der Waals surface area contributed by atoms with Crippen LogP contribution in [0, 0.1) is 0 Å². The summed E-state index contributed by atoms with van der Waals surface area (Å²) in [4.78, 5) is -0.0308. The summed E-state index contributed by atoms with van der Waals surface area (Å²) in [5.41, 5.74) is 0.360. The van der Waals surface area contributed by atoms with Crippen LogP contribution in [-0.4, -0.2) is 18.6 Å². The Bertz CT molecular complexity index is 512. The van der Waals surface area contributed by atoms with Crippen LogP contribution in [0.5, 0.6) is 0 Å². The maximum Gasteiger partial charge on any atom is 0.295 e. The van der Waals surface area contributed by atoms with Crippen molar-refractivity contribution in [2.75, 3.05) is 0 Å². The van der Waals surface area contributed by atoms with E-state index in [2.05, 4.69) is 0 Å². The number of hydrogen-bond donors (Lipinski definition) is 1. The van der Waals surface area contributed by atoms with E-state index in [-0.39, 0.29) is 4.90 Å². The highest BCUT2D eigenvalue weighted by Crippen LogP contribution is 2.52. The number of rotatable bonds is 3. The van der Waals surface area contributed by atoms with Crippen LogP contribution in [0.4, 0.5) is 0 Å². The Morgan fingerprint density at radius 1 is 1.17 bits per heavy atom. The first-order chi connectivity index (χ1) is 8.50. The fourth-order valence-corrected chi connectivity index (χ4v) is 6.48. The molecule has 1 aromatic rings. The van der Waals surface area contributed by atoms with Crippen LogP contribution in [-0.2, 0) is 10.1 Å². The minimum absolute atomic E-state index is 0.0308. The van der Waals surface area contributed by atoms with Gasteiger partial charge in [0.15, 0.2) is 0 Å². The summed E-state index contributed by atoms with van der Waals surface area (Å²) in [6, 6.07) is 6.51. The molecule has 1 N–H and O–H groups in total. The van der Waals surface area contributed by atoms with E-state index in [4.69, 9.17) is 11.2 Å². The zero-order chi connectivity index (χ0) is 13.2. The second kappa shape index (κ2) is 5.87. The maximum atomic E-state index is 11.3. The molecular formula is C12H16ClO3PS. The van der Waals surface area contributed by atoms with E-state index in [1.165, 1.54) is 12.5 Å². The molecule has 0 amide bonds. The van der Waals surface area contributed by atoms with Crippen molar-refractivity contribution in [3.05, 3.63) is 24.3 Å². The Hall–Kier alpha value is -0.150. The summed E-state index contributed by atoms with van der Waals surface area (Å²) in [6.45, 7) is 0. The standard InChI is InChI=1S/C12H16ClO3PS/c13-17(10-6-2-1-3-7-10)11-8-4-5-9-12(11)18(14,15)16/h4-5,8-10H,1-3,6-7H2,(H,14,15,16). The van der Waals surface area contributed by atoms with E-state index in [9.17, 15) is 13.0 Å². The molecule has 100 valence electrons. The van der Waals surface area contributed by atoms with Crippen LogP contribution in [0.25, 0.3) is 0 Å². The first-order valence-electron chi connectivity index (χ1n) is 6.01. The van der Waals surface area contributed by atoms with Gasteiger partial charge >= 0.3 is 0 Å². The summed E-state index contributed by atoms with van der Waals surface area (Å²) < 4.78 is 31.9. The minimum Gasteiger partial charge on any atom is -0.282 e. The van der Waals surface area contributed by atoms with Gasteiger partial charge in [-0.25, -0.2) is 0 Å². The van der Waals surface area contributed by atoms with Gasteiger partial charge in [-0.05, 0) is 24.6 Å². The predicted octanol–water partition coefficient (Wildman–Crippen LogP) is 3.53. The van der Waals surface area contributed by atoms with E-state index >= 15 is 0 Å². The highest BCUT2D eigenvalue weighted by atomic mass is 35.7. The van der Waals surface area contributed by atoms with Crippen molar-refractivity contribution in [3.8, 4) is 0 Å². The first kappa shape index (κ1) is 14.3. The van der Waals surface area contributed by atoms with Gasteiger partial charge < -0.3 is 0 Å². The van der Waals surface area contributed by atoms with Crippen molar-refractivity contribution in [1.82, 2.24) is 0 Å². The van der Waals surface area contributed by atoms with Gasteiger partial charge in [-0.1, -0.05) is 48.7 Å². The molecule has 1 aliphatic carbocycles. The summed E-state index contributed by atoms with van der Waals surface area (Å²) >= 11 is 6.49. The van der Waals surface area contributed by atoms with Gasteiger partial charge in [0.25, 0.3) is 10.1 Å². The van der Waals surface area contributed by atoms with Gasteiger partial charge in [0, 0.05) is 12.6 Å². The van der Waals surface area contributed by atoms with E-state index < -0.39 is 17.4 Å². The smallest absolute Gasteiger partial charge is 0.282 e. The van der Waals surface area contributed by atoms with Gasteiger partial charge in [0.2, 0.25) is 0 Å². The molecule has 1 saturated carbocycles. The fourth-order valence-electron chi connectivity index (χ4n) is 2.36. The molecule has 1 atom stereocenters. The zero-order valence-corrected chi connectivity index (χ0v) is 12.4. The lowest BCUT2D eigenvalue weighted by molar-refractivity contribution is 0.484. The lowest BCUT2D eigenvalue weighted by Gasteiger charge is -2.27. The lowest BCUT2D eigenvalue weighted by Crippen LogP contribution is -2.19. The van der Waals surface area contributed by atoms with Crippen LogP contribution >= 0.6 is 18.5 Å². The van der Waals surface area contributed by atoms with Crippen molar-refractivity contribution >= 4 is 33.9 Å². The van der Waals surface area contributed by atoms with Gasteiger partial charge in [-0.2, -0.15) is 8.42 Å². The van der Waals surface area contributed by atoms with E-state index in [0.717, 1.165) is 25.7 Å². The molecule has 2 rings (SSSR count). The zero-order valence-electron chi connectivity index (χ0n) is 9.92. The van der Waals surface area contributed by atoms with Crippen molar-refractivity contribution in [3.63, 3.8) is 0 Å². The molecule has 0 aromatic heterocycles. The van der Waals surface area contributed by atoms with Crippen LogP contribution in [0.2, 0.25) is 0 Å². The number of halogens is 1. The normalized spacial score (nSPS) is 19.7. The SMILES string of the molecule is O=S(=O)(O)c1ccccc1P(Cl)C1CCCCC1. The van der Waals surface area contributed by atoms with Gasteiger partial charge in [0.05, 0.1) is 0 Å². The second-order valence-corrected chi connectivity index (χ2v) is 8.86. The summed E-state index contributed by atoms with van der Waals surface area (Å²) in [6.07, 6.45) is 5.65. The molecule has 1 fully saturated rings. The Morgan fingerprint density at radius 3 is 2.39 bits per heavy atom. The molecule has 0 aliphatic heterocycles. The Kier molecular flexibility index (Phi) is 4.65. The average molecular weight is 307 g/mol. The molecule has 3 nitrogen and oxygen atoms in total. The van der Waals surface area contributed by atoms with E-state index in [1.54, 1.807) is 18.2 Å². The van der Waals surface area contributed by atoms with Crippen LogP contribution in [0.15, 0.2) is 29.2 Å². The molecule has 0 spiro atoms. The minimum atomic E-state index is -4.19.